The molecule has 1 amide bonds. The van der Waals surface area contributed by atoms with Gasteiger partial charge in [0.2, 0.25) is 5.91 Å². The molecule has 2 fully saturated rings. The van der Waals surface area contributed by atoms with Gasteiger partial charge in [0.05, 0.1) is 19.4 Å². The molecule has 158 valence electrons. The van der Waals surface area contributed by atoms with E-state index < -0.39 is 6.10 Å². The van der Waals surface area contributed by atoms with Crippen LogP contribution < -0.4 is 5.32 Å². The maximum atomic E-state index is 12.3. The van der Waals surface area contributed by atoms with E-state index in [1.165, 1.54) is 0 Å². The minimum Gasteiger partial charge on any atom is -0.467 e. The van der Waals surface area contributed by atoms with E-state index in [1.54, 1.807) is 18.4 Å². The summed E-state index contributed by atoms with van der Waals surface area (Å²) in [6.45, 7) is 8.69. The fourth-order valence-electron chi connectivity index (χ4n) is 3.55. The normalized spacial score (nSPS) is 19.4. The first-order valence-electron chi connectivity index (χ1n) is 9.92. The van der Waals surface area contributed by atoms with Crippen molar-refractivity contribution in [2.24, 2.45) is 4.99 Å². The number of piperazine rings is 1. The van der Waals surface area contributed by atoms with Crippen molar-refractivity contribution in [1.29, 1.82) is 0 Å². The Morgan fingerprint density at radius 2 is 1.93 bits per heavy atom. The molecule has 1 atom stereocenters. The summed E-state index contributed by atoms with van der Waals surface area (Å²) >= 11 is 0. The van der Waals surface area contributed by atoms with Gasteiger partial charge in [-0.1, -0.05) is 0 Å². The van der Waals surface area contributed by atoms with Crippen LogP contribution in [0.2, 0.25) is 0 Å². The van der Waals surface area contributed by atoms with E-state index in [0.717, 1.165) is 64.6 Å². The Kier molecular flexibility index (Phi) is 9.52. The summed E-state index contributed by atoms with van der Waals surface area (Å²) in [5.41, 5.74) is 0. The number of hydrogen-bond donors (Lipinski definition) is 2. The number of likely N-dealkylation sites (tertiary alicyclic amines) is 1. The molecule has 0 saturated carbocycles. The van der Waals surface area contributed by atoms with Crippen molar-refractivity contribution in [2.45, 2.75) is 25.9 Å². The van der Waals surface area contributed by atoms with Crippen molar-refractivity contribution < 1.29 is 14.3 Å². The van der Waals surface area contributed by atoms with E-state index in [1.807, 2.05) is 11.8 Å². The van der Waals surface area contributed by atoms with E-state index in [2.05, 4.69) is 20.1 Å². The van der Waals surface area contributed by atoms with E-state index in [4.69, 9.17) is 4.42 Å². The second-order valence-corrected chi connectivity index (χ2v) is 7.08. The topological polar surface area (TPSA) is 84.5 Å². The van der Waals surface area contributed by atoms with Gasteiger partial charge in [0.1, 0.15) is 11.9 Å². The fraction of sp³-hybridized carbons (Fsp3) is 0.684. The highest BCUT2D eigenvalue weighted by atomic mass is 127. The Labute approximate surface area is 184 Å². The minimum absolute atomic E-state index is 0. The fourth-order valence-corrected chi connectivity index (χ4v) is 3.55. The first kappa shape index (κ1) is 23.0. The van der Waals surface area contributed by atoms with Crippen LogP contribution in [-0.2, 0) is 4.79 Å². The van der Waals surface area contributed by atoms with Gasteiger partial charge in [0, 0.05) is 45.8 Å². The smallest absolute Gasteiger partial charge is 0.236 e. The Morgan fingerprint density at radius 3 is 2.54 bits per heavy atom. The highest BCUT2D eigenvalue weighted by molar-refractivity contribution is 14.0. The number of halogens is 1. The molecule has 8 nitrogen and oxygen atoms in total. The van der Waals surface area contributed by atoms with Gasteiger partial charge >= 0.3 is 0 Å². The molecule has 0 spiro atoms. The van der Waals surface area contributed by atoms with Crippen molar-refractivity contribution in [2.75, 3.05) is 58.9 Å². The Hall–Kier alpha value is -1.33. The van der Waals surface area contributed by atoms with E-state index in [-0.39, 0.29) is 36.4 Å². The Bertz CT molecular complexity index is 611. The molecule has 0 aromatic carbocycles. The third-order valence-corrected chi connectivity index (χ3v) is 5.11. The van der Waals surface area contributed by atoms with Crippen molar-refractivity contribution in [3.05, 3.63) is 24.2 Å². The number of amides is 1. The average Bonchev–Trinajstić information content (AvgIpc) is 3.39. The van der Waals surface area contributed by atoms with E-state index in [0.29, 0.717) is 12.3 Å². The van der Waals surface area contributed by atoms with Crippen LogP contribution >= 0.6 is 24.0 Å². The van der Waals surface area contributed by atoms with Crippen molar-refractivity contribution in [3.63, 3.8) is 0 Å². The monoisotopic (exact) mass is 505 g/mol. The average molecular weight is 505 g/mol. The molecule has 2 saturated heterocycles. The van der Waals surface area contributed by atoms with Gasteiger partial charge in [0.25, 0.3) is 0 Å². The maximum absolute atomic E-state index is 12.3. The molecule has 3 rings (SSSR count). The number of aliphatic hydroxyl groups is 1. The Morgan fingerprint density at radius 1 is 1.21 bits per heavy atom. The summed E-state index contributed by atoms with van der Waals surface area (Å²) in [4.78, 5) is 23.3. The second kappa shape index (κ2) is 11.6. The summed E-state index contributed by atoms with van der Waals surface area (Å²) < 4.78 is 5.23. The molecular weight excluding hydrogens is 473 g/mol. The molecule has 2 aliphatic rings. The van der Waals surface area contributed by atoms with Crippen molar-refractivity contribution in [3.8, 4) is 0 Å². The number of nitrogens with one attached hydrogen (secondary N) is 1. The highest BCUT2D eigenvalue weighted by Crippen LogP contribution is 2.14. The number of guanidine groups is 1. The summed E-state index contributed by atoms with van der Waals surface area (Å²) in [6, 6.07) is 3.51. The highest BCUT2D eigenvalue weighted by Gasteiger charge is 2.24. The van der Waals surface area contributed by atoms with Gasteiger partial charge in [0.15, 0.2) is 5.96 Å². The predicted octanol–water partition coefficient (Wildman–Crippen LogP) is 1.14. The molecular formula is C19H32IN5O3. The van der Waals surface area contributed by atoms with Gasteiger partial charge in [-0.25, -0.2) is 4.99 Å². The quantitative estimate of drug-likeness (QED) is 0.343. The first-order chi connectivity index (χ1) is 13.2. The van der Waals surface area contributed by atoms with Crippen LogP contribution in [-0.4, -0.2) is 90.6 Å². The predicted molar refractivity (Wildman–Crippen MR) is 119 cm³/mol. The van der Waals surface area contributed by atoms with Crippen LogP contribution in [0.25, 0.3) is 0 Å². The number of rotatable bonds is 6. The van der Waals surface area contributed by atoms with Crippen molar-refractivity contribution >= 4 is 35.8 Å². The molecule has 0 bridgehead atoms. The molecule has 0 radical (unpaired) electrons. The van der Waals surface area contributed by atoms with Gasteiger partial charge in [-0.2, -0.15) is 0 Å². The molecule has 2 aliphatic heterocycles. The summed E-state index contributed by atoms with van der Waals surface area (Å²) in [5, 5.41) is 13.5. The van der Waals surface area contributed by atoms with Gasteiger partial charge in [-0.15, -0.1) is 24.0 Å². The SMILES string of the molecule is CCNC(=NCC(O)c1ccco1)N1CCN(CC(=O)N2CCCC2)CC1.I. The van der Waals surface area contributed by atoms with Gasteiger partial charge < -0.3 is 24.6 Å². The molecule has 2 N–H and O–H groups in total. The molecule has 1 unspecified atom stereocenters. The zero-order chi connectivity index (χ0) is 19.1. The van der Waals surface area contributed by atoms with E-state index in [9.17, 15) is 9.90 Å². The number of aliphatic imine (C=N–C) groups is 1. The zero-order valence-corrected chi connectivity index (χ0v) is 18.9. The summed E-state index contributed by atoms with van der Waals surface area (Å²) in [7, 11) is 0. The number of furan rings is 1. The summed E-state index contributed by atoms with van der Waals surface area (Å²) in [6.07, 6.45) is 3.07. The lowest BCUT2D eigenvalue weighted by atomic mass is 10.3. The standard InChI is InChI=1S/C19H31N5O3.HI/c1-2-20-19(21-14-16(25)17-6-5-13-27-17)24-11-9-22(10-12-24)15-18(26)23-7-3-4-8-23;/h5-6,13,16,25H,2-4,7-12,14-15H2,1H3,(H,20,21);1H. The molecule has 3 heterocycles. The lowest BCUT2D eigenvalue weighted by Gasteiger charge is -2.36. The van der Waals surface area contributed by atoms with Crippen LogP contribution in [0.4, 0.5) is 0 Å². The molecule has 1 aromatic rings. The Balaban J connectivity index is 0.00000280. The number of carbonyl (C=O) groups excluding carboxylic acids is 1. The lowest BCUT2D eigenvalue weighted by Crippen LogP contribution is -2.54. The van der Waals surface area contributed by atoms with Gasteiger partial charge in [-0.3, -0.25) is 9.69 Å². The molecule has 9 heteroatoms. The minimum atomic E-state index is -0.743. The zero-order valence-electron chi connectivity index (χ0n) is 16.5. The molecule has 28 heavy (non-hydrogen) atoms. The van der Waals surface area contributed by atoms with Crippen LogP contribution in [0.15, 0.2) is 27.8 Å². The number of nitrogens with zero attached hydrogens (tertiary/aromatic N) is 4. The summed E-state index contributed by atoms with van der Waals surface area (Å²) in [5.74, 6) is 1.58. The number of carbonyl (C=O) groups is 1. The second-order valence-electron chi connectivity index (χ2n) is 7.08. The molecule has 1 aromatic heterocycles. The van der Waals surface area contributed by atoms with Crippen LogP contribution in [0.5, 0.6) is 0 Å². The lowest BCUT2D eigenvalue weighted by molar-refractivity contribution is -0.131. The van der Waals surface area contributed by atoms with E-state index >= 15 is 0 Å². The number of aliphatic hydroxyl groups excluding tert-OH is 1. The van der Waals surface area contributed by atoms with Crippen LogP contribution in [0, 0.1) is 0 Å². The van der Waals surface area contributed by atoms with Crippen LogP contribution in [0.3, 0.4) is 0 Å². The van der Waals surface area contributed by atoms with Crippen molar-refractivity contribution in [1.82, 2.24) is 20.0 Å². The van der Waals surface area contributed by atoms with Gasteiger partial charge in [-0.05, 0) is 31.9 Å². The van der Waals surface area contributed by atoms with Crippen LogP contribution in [0.1, 0.15) is 31.6 Å². The largest absolute Gasteiger partial charge is 0.467 e. The maximum Gasteiger partial charge on any atom is 0.236 e. The third-order valence-electron chi connectivity index (χ3n) is 5.11. The number of hydrogen-bond acceptors (Lipinski definition) is 5. The molecule has 0 aliphatic carbocycles. The third kappa shape index (κ3) is 6.35. The first-order valence-corrected chi connectivity index (χ1v) is 9.92.